The number of aromatic nitrogens is 2. The second kappa shape index (κ2) is 8.70. The smallest absolute Gasteiger partial charge is 0.298 e. The largest absolute Gasteiger partial charge is 0.467 e. The van der Waals surface area contributed by atoms with Gasteiger partial charge in [-0.3, -0.25) is 4.79 Å². The monoisotopic (exact) mass is 405 g/mol. The molecule has 4 rings (SSSR count). The molecule has 1 amide bonds. The highest BCUT2D eigenvalue weighted by atomic mass is 32.1. The van der Waals surface area contributed by atoms with E-state index in [2.05, 4.69) is 14.7 Å². The van der Waals surface area contributed by atoms with Gasteiger partial charge in [-0.1, -0.05) is 36.4 Å². The second-order valence-electron chi connectivity index (χ2n) is 6.48. The number of carbonyl (C=O) groups is 1. The number of hydrogen-bond donors (Lipinski definition) is 1. The summed E-state index contributed by atoms with van der Waals surface area (Å²) in [4.78, 5) is 16.9. The summed E-state index contributed by atoms with van der Waals surface area (Å²) in [5.41, 5.74) is 2.56. The van der Waals surface area contributed by atoms with Gasteiger partial charge in [0.1, 0.15) is 11.5 Å². The molecule has 0 spiro atoms. The Morgan fingerprint density at radius 1 is 1.14 bits per heavy atom. The van der Waals surface area contributed by atoms with Crippen molar-refractivity contribution in [3.05, 3.63) is 95.2 Å². The van der Waals surface area contributed by atoms with Crippen LogP contribution in [0.1, 0.15) is 33.1 Å². The molecule has 4 aromatic rings. The number of benzene rings is 2. The molecule has 2 heterocycles. The Kier molecular flexibility index (Phi) is 5.67. The first-order valence-electron chi connectivity index (χ1n) is 9.13. The van der Waals surface area contributed by atoms with Crippen LogP contribution in [0.4, 0.5) is 0 Å². The fourth-order valence-corrected chi connectivity index (χ4v) is 3.32. The van der Waals surface area contributed by atoms with Crippen LogP contribution in [-0.4, -0.2) is 15.3 Å². The van der Waals surface area contributed by atoms with Crippen LogP contribution in [0, 0.1) is 6.92 Å². The van der Waals surface area contributed by atoms with Gasteiger partial charge >= 0.3 is 0 Å². The van der Waals surface area contributed by atoms with Gasteiger partial charge in [-0.05, 0) is 42.3 Å². The van der Waals surface area contributed by atoms with Crippen LogP contribution >= 0.6 is 11.5 Å². The molecule has 2 aromatic heterocycles. The summed E-state index contributed by atoms with van der Waals surface area (Å²) in [5, 5.41) is 3.28. The average molecular weight is 405 g/mol. The Balaban J connectivity index is 1.43. The fraction of sp³-hybridized carbons (Fsp3) is 0.136. The van der Waals surface area contributed by atoms with E-state index in [1.54, 1.807) is 24.5 Å². The van der Waals surface area contributed by atoms with E-state index in [4.69, 9.17) is 9.15 Å². The maximum absolute atomic E-state index is 12.4. The van der Waals surface area contributed by atoms with E-state index in [1.807, 2.05) is 49.4 Å². The topological polar surface area (TPSA) is 77.2 Å². The molecule has 0 aliphatic rings. The van der Waals surface area contributed by atoms with Crippen molar-refractivity contribution in [2.45, 2.75) is 19.9 Å². The van der Waals surface area contributed by atoms with E-state index >= 15 is 0 Å². The van der Waals surface area contributed by atoms with Crippen LogP contribution in [0.25, 0.3) is 0 Å². The first-order valence-corrected chi connectivity index (χ1v) is 9.90. The highest BCUT2D eigenvalue weighted by Gasteiger charge is 2.13. The lowest BCUT2D eigenvalue weighted by molar-refractivity contribution is 0.0947. The molecular weight excluding hydrogens is 386 g/mol. The van der Waals surface area contributed by atoms with Crippen molar-refractivity contribution in [2.24, 2.45) is 0 Å². The summed E-state index contributed by atoms with van der Waals surface area (Å²) in [6, 6.07) is 19.0. The Labute approximate surface area is 172 Å². The highest BCUT2D eigenvalue weighted by molar-refractivity contribution is 7.07. The summed E-state index contributed by atoms with van der Waals surface area (Å²) in [6.45, 7) is 2.25. The Bertz CT molecular complexity index is 1090. The molecule has 6 nitrogen and oxygen atoms in total. The van der Waals surface area contributed by atoms with Crippen LogP contribution in [0.2, 0.25) is 0 Å². The molecule has 0 atom stereocenters. The lowest BCUT2D eigenvalue weighted by atomic mass is 10.1. The average Bonchev–Trinajstić information content (AvgIpc) is 3.41. The van der Waals surface area contributed by atoms with Crippen LogP contribution in [0.5, 0.6) is 10.9 Å². The van der Waals surface area contributed by atoms with E-state index in [0.29, 0.717) is 41.1 Å². The van der Waals surface area contributed by atoms with Gasteiger partial charge in [-0.25, -0.2) is 0 Å². The zero-order chi connectivity index (χ0) is 20.1. The maximum Gasteiger partial charge on any atom is 0.298 e. The zero-order valence-electron chi connectivity index (χ0n) is 15.8. The summed E-state index contributed by atoms with van der Waals surface area (Å²) in [5.74, 6) is 1.79. The van der Waals surface area contributed by atoms with E-state index < -0.39 is 0 Å². The van der Waals surface area contributed by atoms with Gasteiger partial charge in [0.05, 0.1) is 12.8 Å². The number of nitrogens with one attached hydrogen (secondary N) is 1. The molecule has 0 aliphatic heterocycles. The zero-order valence-corrected chi connectivity index (χ0v) is 16.6. The quantitative estimate of drug-likeness (QED) is 0.480. The molecule has 1 N–H and O–H groups in total. The second-order valence-corrected chi connectivity index (χ2v) is 7.20. The minimum atomic E-state index is -0.201. The van der Waals surface area contributed by atoms with Gasteiger partial charge in [0.2, 0.25) is 0 Å². The summed E-state index contributed by atoms with van der Waals surface area (Å²) < 4.78 is 15.5. The third-order valence-corrected chi connectivity index (χ3v) is 4.94. The minimum absolute atomic E-state index is 0.201. The number of hydrogen-bond acceptors (Lipinski definition) is 6. The molecule has 0 radical (unpaired) electrons. The molecule has 0 bridgehead atoms. The number of ether oxygens (including phenoxy) is 1. The summed E-state index contributed by atoms with van der Waals surface area (Å²) in [6.07, 6.45) is 2.22. The predicted molar refractivity (Wildman–Crippen MR) is 110 cm³/mol. The van der Waals surface area contributed by atoms with Crippen molar-refractivity contribution < 1.29 is 13.9 Å². The van der Waals surface area contributed by atoms with Gasteiger partial charge in [0.25, 0.3) is 11.1 Å². The maximum atomic E-state index is 12.4. The first kappa shape index (κ1) is 18.9. The minimum Gasteiger partial charge on any atom is -0.467 e. The van der Waals surface area contributed by atoms with E-state index in [9.17, 15) is 4.79 Å². The van der Waals surface area contributed by atoms with Crippen LogP contribution in [-0.2, 0) is 13.0 Å². The third kappa shape index (κ3) is 4.89. The highest BCUT2D eigenvalue weighted by Crippen LogP contribution is 2.28. The van der Waals surface area contributed by atoms with Crippen LogP contribution in [0.3, 0.4) is 0 Å². The number of aryl methyl sites for hydroxylation is 1. The van der Waals surface area contributed by atoms with Crippen molar-refractivity contribution in [2.75, 3.05) is 0 Å². The van der Waals surface area contributed by atoms with Crippen molar-refractivity contribution in [1.29, 1.82) is 0 Å². The van der Waals surface area contributed by atoms with Gasteiger partial charge in [-0.2, -0.15) is 9.36 Å². The standard InChI is InChI=1S/C22H19N3O3S/c1-15-9-10-17(21(26)23-14-18-8-5-11-27-18)13-19(15)28-22-24-20(25-29-22)12-16-6-3-2-4-7-16/h2-11,13H,12,14H2,1H3,(H,23,26). The third-order valence-electron chi connectivity index (χ3n) is 4.31. The lowest BCUT2D eigenvalue weighted by Gasteiger charge is -2.08. The summed E-state index contributed by atoms with van der Waals surface area (Å²) in [7, 11) is 0. The van der Waals surface area contributed by atoms with Crippen molar-refractivity contribution >= 4 is 17.4 Å². The molecule has 146 valence electrons. The molecule has 0 unspecified atom stereocenters. The van der Waals surface area contributed by atoms with Gasteiger partial charge in [0.15, 0.2) is 5.82 Å². The molecular formula is C22H19N3O3S. The Hall–Kier alpha value is -3.45. The van der Waals surface area contributed by atoms with Gasteiger partial charge in [0, 0.05) is 23.5 Å². The molecule has 0 saturated carbocycles. The molecule has 2 aromatic carbocycles. The molecule has 0 saturated heterocycles. The number of amides is 1. The van der Waals surface area contributed by atoms with Crippen LogP contribution < -0.4 is 10.1 Å². The Morgan fingerprint density at radius 3 is 2.79 bits per heavy atom. The van der Waals surface area contributed by atoms with Crippen molar-refractivity contribution in [3.8, 4) is 10.9 Å². The number of rotatable bonds is 7. The SMILES string of the molecule is Cc1ccc(C(=O)NCc2ccco2)cc1Oc1nc(Cc2ccccc2)ns1. The first-order chi connectivity index (χ1) is 14.2. The predicted octanol–water partition coefficient (Wildman–Crippen LogP) is 4.75. The lowest BCUT2D eigenvalue weighted by Crippen LogP contribution is -2.22. The van der Waals surface area contributed by atoms with E-state index in [1.165, 1.54) is 11.5 Å². The molecule has 0 aliphatic carbocycles. The molecule has 29 heavy (non-hydrogen) atoms. The number of furan rings is 1. The molecule has 0 fully saturated rings. The van der Waals surface area contributed by atoms with Crippen molar-refractivity contribution in [3.63, 3.8) is 0 Å². The van der Waals surface area contributed by atoms with E-state index in [-0.39, 0.29) is 5.91 Å². The van der Waals surface area contributed by atoms with Crippen molar-refractivity contribution in [1.82, 2.24) is 14.7 Å². The van der Waals surface area contributed by atoms with Crippen LogP contribution in [0.15, 0.2) is 71.3 Å². The van der Waals surface area contributed by atoms with Gasteiger partial charge < -0.3 is 14.5 Å². The van der Waals surface area contributed by atoms with E-state index in [0.717, 1.165) is 11.1 Å². The number of nitrogens with zero attached hydrogens (tertiary/aromatic N) is 2. The summed E-state index contributed by atoms with van der Waals surface area (Å²) >= 11 is 1.20. The normalized spacial score (nSPS) is 10.7. The Morgan fingerprint density at radius 2 is 2.00 bits per heavy atom. The fourth-order valence-electron chi connectivity index (χ4n) is 2.76. The molecule has 7 heteroatoms. The van der Waals surface area contributed by atoms with Gasteiger partial charge in [-0.15, -0.1) is 0 Å². The number of carbonyl (C=O) groups excluding carboxylic acids is 1.